The van der Waals surface area contributed by atoms with Gasteiger partial charge in [-0.15, -0.1) is 0 Å². The number of aromatic nitrogens is 1. The number of benzene rings is 2. The van der Waals surface area contributed by atoms with E-state index in [1.165, 1.54) is 0 Å². The number of fused-ring (bicyclic) bond motifs is 1. The van der Waals surface area contributed by atoms with Crippen molar-refractivity contribution in [2.75, 3.05) is 0 Å². The largest absolute Gasteiger partial charge is 0.477 e. The summed E-state index contributed by atoms with van der Waals surface area (Å²) in [4.78, 5) is 16.2. The first-order chi connectivity index (χ1) is 12.0. The number of carboxylic acid groups (broad SMARTS) is 1. The van der Waals surface area contributed by atoms with Crippen LogP contribution in [0.3, 0.4) is 0 Å². The first kappa shape index (κ1) is 15.5. The van der Waals surface area contributed by atoms with Gasteiger partial charge in [0.25, 0.3) is 0 Å². The highest BCUT2D eigenvalue weighted by Gasteiger charge is 2.33. The standard InChI is InChI=1S/C19H13F2NO3/c20-13-8-12-15(9-14(13)21)22-17(10-6-7-10)16(19(23)24)18(12)25-11-4-2-1-3-5-11/h1-5,8-10H,6-7H2,(H,23,24). The zero-order valence-electron chi connectivity index (χ0n) is 13.0. The van der Waals surface area contributed by atoms with Gasteiger partial charge in [-0.2, -0.15) is 0 Å². The summed E-state index contributed by atoms with van der Waals surface area (Å²) in [7, 11) is 0. The second-order valence-corrected chi connectivity index (χ2v) is 5.98. The van der Waals surface area contributed by atoms with Gasteiger partial charge >= 0.3 is 5.97 Å². The summed E-state index contributed by atoms with van der Waals surface area (Å²) in [6.07, 6.45) is 1.63. The zero-order valence-corrected chi connectivity index (χ0v) is 13.0. The molecule has 0 saturated heterocycles. The van der Waals surface area contributed by atoms with Crippen molar-refractivity contribution in [2.45, 2.75) is 18.8 Å². The lowest BCUT2D eigenvalue weighted by Gasteiger charge is -2.15. The van der Waals surface area contributed by atoms with Crippen LogP contribution in [0, 0.1) is 11.6 Å². The van der Waals surface area contributed by atoms with Gasteiger partial charge in [-0.25, -0.2) is 13.6 Å². The molecule has 25 heavy (non-hydrogen) atoms. The summed E-state index contributed by atoms with van der Waals surface area (Å²) in [6.45, 7) is 0. The Morgan fingerprint density at radius 1 is 1.12 bits per heavy atom. The minimum Gasteiger partial charge on any atom is -0.477 e. The van der Waals surface area contributed by atoms with Crippen LogP contribution in [0.1, 0.15) is 34.8 Å². The summed E-state index contributed by atoms with van der Waals surface area (Å²) in [5.41, 5.74) is 0.443. The van der Waals surface area contributed by atoms with Gasteiger partial charge in [0.15, 0.2) is 17.4 Å². The average molecular weight is 341 g/mol. The molecule has 3 aromatic rings. The number of halogens is 2. The summed E-state index contributed by atoms with van der Waals surface area (Å²) >= 11 is 0. The highest BCUT2D eigenvalue weighted by atomic mass is 19.2. The van der Waals surface area contributed by atoms with Gasteiger partial charge in [-0.1, -0.05) is 18.2 Å². The number of aromatic carboxylic acids is 1. The van der Waals surface area contributed by atoms with Crippen LogP contribution in [0.2, 0.25) is 0 Å². The summed E-state index contributed by atoms with van der Waals surface area (Å²) < 4.78 is 33.2. The van der Waals surface area contributed by atoms with Crippen LogP contribution in [0.15, 0.2) is 42.5 Å². The molecule has 0 radical (unpaired) electrons. The van der Waals surface area contributed by atoms with E-state index >= 15 is 0 Å². The molecule has 1 fully saturated rings. The second-order valence-electron chi connectivity index (χ2n) is 5.98. The number of rotatable bonds is 4. The SMILES string of the molecule is O=C(O)c1c(C2CC2)nc2cc(F)c(F)cc2c1Oc1ccccc1. The molecule has 0 aliphatic heterocycles. The van der Waals surface area contributed by atoms with Crippen LogP contribution < -0.4 is 4.74 Å². The number of pyridine rings is 1. The van der Waals surface area contributed by atoms with E-state index in [0.717, 1.165) is 25.0 Å². The van der Waals surface area contributed by atoms with Crippen molar-refractivity contribution in [2.24, 2.45) is 0 Å². The number of hydrogen-bond acceptors (Lipinski definition) is 3. The molecule has 126 valence electrons. The molecule has 1 N–H and O–H groups in total. The number of para-hydroxylation sites is 1. The normalized spacial score (nSPS) is 13.8. The van der Waals surface area contributed by atoms with Crippen molar-refractivity contribution in [3.8, 4) is 11.5 Å². The predicted molar refractivity (Wildman–Crippen MR) is 87.1 cm³/mol. The van der Waals surface area contributed by atoms with E-state index in [1.54, 1.807) is 30.3 Å². The Morgan fingerprint density at radius 3 is 2.44 bits per heavy atom. The molecule has 0 unspecified atom stereocenters. The minimum atomic E-state index is -1.20. The molecule has 0 amide bonds. The third-order valence-corrected chi connectivity index (χ3v) is 4.15. The van der Waals surface area contributed by atoms with E-state index in [4.69, 9.17) is 4.74 Å². The Bertz CT molecular complexity index is 985. The van der Waals surface area contributed by atoms with Gasteiger partial charge in [0.1, 0.15) is 11.3 Å². The Labute approximate surface area is 141 Å². The van der Waals surface area contributed by atoms with Crippen LogP contribution in [-0.4, -0.2) is 16.1 Å². The smallest absolute Gasteiger partial charge is 0.341 e. The minimum absolute atomic E-state index is 0.00161. The Morgan fingerprint density at radius 2 is 1.80 bits per heavy atom. The highest BCUT2D eigenvalue weighted by molar-refractivity contribution is 6.00. The van der Waals surface area contributed by atoms with Crippen LogP contribution in [0.5, 0.6) is 11.5 Å². The number of ether oxygens (including phenoxy) is 1. The second kappa shape index (κ2) is 5.81. The molecule has 0 atom stereocenters. The molecule has 1 saturated carbocycles. The van der Waals surface area contributed by atoms with Crippen LogP contribution in [-0.2, 0) is 0 Å². The number of carbonyl (C=O) groups is 1. The number of hydrogen-bond donors (Lipinski definition) is 1. The fourth-order valence-corrected chi connectivity index (χ4v) is 2.82. The van der Waals surface area contributed by atoms with Gasteiger partial charge in [-0.05, 0) is 31.0 Å². The molecule has 6 heteroatoms. The molecule has 4 rings (SSSR count). The van der Waals surface area contributed by atoms with Crippen molar-refractivity contribution in [1.29, 1.82) is 0 Å². The Balaban J connectivity index is 2.02. The van der Waals surface area contributed by atoms with Crippen molar-refractivity contribution >= 4 is 16.9 Å². The lowest BCUT2D eigenvalue weighted by molar-refractivity contribution is 0.0692. The molecule has 1 heterocycles. The van der Waals surface area contributed by atoms with E-state index in [9.17, 15) is 18.7 Å². The van der Waals surface area contributed by atoms with Gasteiger partial charge in [0.05, 0.1) is 11.2 Å². The summed E-state index contributed by atoms with van der Waals surface area (Å²) in [6, 6.07) is 10.5. The number of carboxylic acids is 1. The van der Waals surface area contributed by atoms with E-state index < -0.39 is 17.6 Å². The molecule has 0 bridgehead atoms. The quantitative estimate of drug-likeness (QED) is 0.735. The molecular formula is C19H13F2NO3. The van der Waals surface area contributed by atoms with Crippen molar-refractivity contribution in [1.82, 2.24) is 4.98 Å². The average Bonchev–Trinajstić information content (AvgIpc) is 3.41. The maximum absolute atomic E-state index is 13.8. The maximum atomic E-state index is 13.8. The fourth-order valence-electron chi connectivity index (χ4n) is 2.82. The highest BCUT2D eigenvalue weighted by Crippen LogP contribution is 2.45. The van der Waals surface area contributed by atoms with E-state index in [2.05, 4.69) is 4.98 Å². The van der Waals surface area contributed by atoms with Gasteiger partial charge in [-0.3, -0.25) is 4.98 Å². The molecule has 4 nitrogen and oxygen atoms in total. The molecule has 2 aromatic carbocycles. The Hall–Kier alpha value is -3.02. The molecule has 1 aliphatic rings. The van der Waals surface area contributed by atoms with Gasteiger partial charge in [0, 0.05) is 17.4 Å². The van der Waals surface area contributed by atoms with E-state index in [-0.39, 0.29) is 28.1 Å². The van der Waals surface area contributed by atoms with Crippen molar-refractivity contribution < 1.29 is 23.4 Å². The predicted octanol–water partition coefficient (Wildman–Crippen LogP) is 4.88. The van der Waals surface area contributed by atoms with Crippen molar-refractivity contribution in [3.63, 3.8) is 0 Å². The Kier molecular flexibility index (Phi) is 3.60. The third kappa shape index (κ3) is 2.80. The first-order valence-corrected chi connectivity index (χ1v) is 7.83. The van der Waals surface area contributed by atoms with Gasteiger partial charge < -0.3 is 9.84 Å². The fraction of sp³-hybridized carbons (Fsp3) is 0.158. The molecule has 0 spiro atoms. The van der Waals surface area contributed by atoms with Crippen LogP contribution >= 0.6 is 0 Å². The van der Waals surface area contributed by atoms with Gasteiger partial charge in [0.2, 0.25) is 0 Å². The first-order valence-electron chi connectivity index (χ1n) is 7.83. The monoisotopic (exact) mass is 341 g/mol. The van der Waals surface area contributed by atoms with Crippen LogP contribution in [0.4, 0.5) is 8.78 Å². The lowest BCUT2D eigenvalue weighted by Crippen LogP contribution is -2.08. The lowest BCUT2D eigenvalue weighted by atomic mass is 10.0. The van der Waals surface area contributed by atoms with Crippen molar-refractivity contribution in [3.05, 3.63) is 65.4 Å². The third-order valence-electron chi connectivity index (χ3n) is 4.15. The summed E-state index contributed by atoms with van der Waals surface area (Å²) in [5, 5.41) is 9.83. The van der Waals surface area contributed by atoms with E-state index in [0.29, 0.717) is 11.4 Å². The van der Waals surface area contributed by atoms with E-state index in [1.807, 2.05) is 0 Å². The zero-order chi connectivity index (χ0) is 17.6. The molecule has 1 aromatic heterocycles. The maximum Gasteiger partial charge on any atom is 0.341 e. The van der Waals surface area contributed by atoms with Crippen LogP contribution in [0.25, 0.3) is 10.9 Å². The molecule has 1 aliphatic carbocycles. The topological polar surface area (TPSA) is 59.4 Å². The number of nitrogens with zero attached hydrogens (tertiary/aromatic N) is 1. The molecular weight excluding hydrogens is 328 g/mol. The summed E-state index contributed by atoms with van der Waals surface area (Å²) in [5.74, 6) is -2.92.